The van der Waals surface area contributed by atoms with Crippen LogP contribution in [0.3, 0.4) is 0 Å². The topological polar surface area (TPSA) is 58.2 Å². The van der Waals surface area contributed by atoms with Crippen LogP contribution < -0.4 is 4.74 Å². The number of carbonyl (C=O) groups is 1. The van der Waals surface area contributed by atoms with E-state index in [9.17, 15) is 4.79 Å². The predicted molar refractivity (Wildman–Crippen MR) is 109 cm³/mol. The fourth-order valence-electron chi connectivity index (χ4n) is 3.42. The third-order valence-corrected chi connectivity index (χ3v) is 5.22. The molecule has 0 aliphatic carbocycles. The number of ether oxygens (including phenoxy) is 1. The summed E-state index contributed by atoms with van der Waals surface area (Å²) in [5.41, 5.74) is 4.61. The Labute approximate surface area is 169 Å². The summed E-state index contributed by atoms with van der Waals surface area (Å²) in [6, 6.07) is 13.3. The molecule has 28 heavy (non-hydrogen) atoms. The van der Waals surface area contributed by atoms with Crippen molar-refractivity contribution in [3.63, 3.8) is 0 Å². The molecule has 1 amide bonds. The molecule has 2 aromatic carbocycles. The molecule has 0 spiro atoms. The number of nitrogens with one attached hydrogen (secondary N) is 1. The van der Waals surface area contributed by atoms with Crippen molar-refractivity contribution < 1.29 is 9.53 Å². The number of amides is 1. The van der Waals surface area contributed by atoms with E-state index in [1.165, 1.54) is 0 Å². The zero-order chi connectivity index (χ0) is 19.5. The van der Waals surface area contributed by atoms with Crippen molar-refractivity contribution in [1.82, 2.24) is 15.1 Å². The first-order valence-electron chi connectivity index (χ1n) is 9.49. The third kappa shape index (κ3) is 3.76. The highest BCUT2D eigenvalue weighted by Gasteiger charge is 2.27. The van der Waals surface area contributed by atoms with Crippen LogP contribution in [0.15, 0.2) is 48.7 Å². The van der Waals surface area contributed by atoms with E-state index in [2.05, 4.69) is 17.1 Å². The van der Waals surface area contributed by atoms with Gasteiger partial charge in [0.05, 0.1) is 5.69 Å². The van der Waals surface area contributed by atoms with Crippen molar-refractivity contribution in [2.75, 3.05) is 6.54 Å². The second-order valence-electron chi connectivity index (χ2n) is 6.95. The maximum absolute atomic E-state index is 12.4. The van der Waals surface area contributed by atoms with Crippen LogP contribution >= 0.6 is 11.6 Å². The van der Waals surface area contributed by atoms with Crippen molar-refractivity contribution in [3.05, 3.63) is 70.4 Å². The molecule has 0 radical (unpaired) electrons. The maximum Gasteiger partial charge on any atom is 0.254 e. The molecule has 1 aliphatic rings. The lowest BCUT2D eigenvalue weighted by Gasteiger charge is -2.14. The second-order valence-corrected chi connectivity index (χ2v) is 7.39. The van der Waals surface area contributed by atoms with E-state index in [-0.39, 0.29) is 5.91 Å². The van der Waals surface area contributed by atoms with Crippen LogP contribution in [0.4, 0.5) is 0 Å². The summed E-state index contributed by atoms with van der Waals surface area (Å²) in [6.07, 6.45) is 3.94. The number of benzene rings is 2. The largest absolute Gasteiger partial charge is 0.489 e. The van der Waals surface area contributed by atoms with Gasteiger partial charge in [-0.15, -0.1) is 0 Å². The summed E-state index contributed by atoms with van der Waals surface area (Å²) in [5.74, 6) is 0.877. The molecule has 4 rings (SSSR count). The average molecular weight is 396 g/mol. The van der Waals surface area contributed by atoms with E-state index in [1.54, 1.807) is 0 Å². The normalized spacial score (nSPS) is 13.1. The molecule has 0 saturated carbocycles. The van der Waals surface area contributed by atoms with Crippen molar-refractivity contribution in [2.45, 2.75) is 32.9 Å². The summed E-state index contributed by atoms with van der Waals surface area (Å²) < 4.78 is 6.00. The number of rotatable bonds is 7. The van der Waals surface area contributed by atoms with E-state index in [0.29, 0.717) is 18.2 Å². The SMILES string of the molecule is CCCCN1Cc2cc(OCc3c[nH]nc3-c3ccc(Cl)cc3)ccc2C1=O. The van der Waals surface area contributed by atoms with Crippen molar-refractivity contribution in [1.29, 1.82) is 0 Å². The van der Waals surface area contributed by atoms with Gasteiger partial charge in [0.1, 0.15) is 12.4 Å². The molecule has 6 heteroatoms. The minimum atomic E-state index is 0.120. The monoisotopic (exact) mass is 395 g/mol. The summed E-state index contributed by atoms with van der Waals surface area (Å²) in [7, 11) is 0. The summed E-state index contributed by atoms with van der Waals surface area (Å²) >= 11 is 5.97. The Morgan fingerprint density at radius 2 is 2.04 bits per heavy atom. The standard InChI is InChI=1S/C22H22ClN3O2/c1-2-3-10-26-13-16-11-19(8-9-20(16)22(26)27)28-14-17-12-24-25-21(17)15-4-6-18(23)7-5-15/h4-9,11-12H,2-3,10,13-14H2,1H3,(H,24,25). The minimum absolute atomic E-state index is 0.120. The lowest BCUT2D eigenvalue weighted by Crippen LogP contribution is -2.24. The Morgan fingerprint density at radius 1 is 1.21 bits per heavy atom. The fourth-order valence-corrected chi connectivity index (χ4v) is 3.55. The zero-order valence-electron chi connectivity index (χ0n) is 15.7. The first-order valence-corrected chi connectivity index (χ1v) is 9.87. The number of halogens is 1. The first-order chi connectivity index (χ1) is 13.7. The Balaban J connectivity index is 1.46. The molecular weight excluding hydrogens is 374 g/mol. The van der Waals surface area contributed by atoms with Gasteiger partial charge in [-0.3, -0.25) is 9.89 Å². The lowest BCUT2D eigenvalue weighted by molar-refractivity contribution is 0.0776. The van der Waals surface area contributed by atoms with Crippen LogP contribution in [0.25, 0.3) is 11.3 Å². The molecule has 1 N–H and O–H groups in total. The highest BCUT2D eigenvalue weighted by atomic mass is 35.5. The van der Waals surface area contributed by atoms with Crippen LogP contribution in [-0.4, -0.2) is 27.5 Å². The molecule has 0 fully saturated rings. The number of aromatic nitrogens is 2. The fraction of sp³-hybridized carbons (Fsp3) is 0.273. The quantitative estimate of drug-likeness (QED) is 0.608. The van der Waals surface area contributed by atoms with Gasteiger partial charge in [0, 0.05) is 41.0 Å². The van der Waals surface area contributed by atoms with Crippen LogP contribution in [0.1, 0.15) is 41.3 Å². The number of carbonyl (C=O) groups excluding carboxylic acids is 1. The van der Waals surface area contributed by atoms with Crippen LogP contribution in [0.5, 0.6) is 5.75 Å². The molecule has 0 unspecified atom stereocenters. The summed E-state index contributed by atoms with van der Waals surface area (Å²) in [4.78, 5) is 14.4. The molecular formula is C22H22ClN3O2. The zero-order valence-corrected chi connectivity index (χ0v) is 16.5. The number of aromatic amines is 1. The first kappa shape index (κ1) is 18.6. The van der Waals surface area contributed by atoms with Gasteiger partial charge in [0.25, 0.3) is 5.91 Å². The van der Waals surface area contributed by atoms with Gasteiger partial charge < -0.3 is 9.64 Å². The summed E-state index contributed by atoms with van der Waals surface area (Å²) in [6.45, 7) is 3.99. The van der Waals surface area contributed by atoms with Gasteiger partial charge in [-0.25, -0.2) is 0 Å². The van der Waals surface area contributed by atoms with Gasteiger partial charge in [-0.1, -0.05) is 37.1 Å². The van der Waals surface area contributed by atoms with Gasteiger partial charge in [0.15, 0.2) is 0 Å². The molecule has 2 heterocycles. The van der Waals surface area contributed by atoms with Crippen LogP contribution in [-0.2, 0) is 13.2 Å². The van der Waals surface area contributed by atoms with Crippen LogP contribution in [0.2, 0.25) is 5.02 Å². The van der Waals surface area contributed by atoms with E-state index >= 15 is 0 Å². The number of hydrogen-bond acceptors (Lipinski definition) is 3. The van der Waals surface area contributed by atoms with Gasteiger partial charge in [0.2, 0.25) is 0 Å². The third-order valence-electron chi connectivity index (χ3n) is 4.97. The Hall–Kier alpha value is -2.79. The van der Waals surface area contributed by atoms with E-state index in [0.717, 1.165) is 53.1 Å². The number of nitrogens with zero attached hydrogens (tertiary/aromatic N) is 2. The minimum Gasteiger partial charge on any atom is -0.489 e. The van der Waals surface area contributed by atoms with E-state index in [4.69, 9.17) is 16.3 Å². The van der Waals surface area contributed by atoms with Crippen molar-refractivity contribution >= 4 is 17.5 Å². The molecule has 0 bridgehead atoms. The number of H-pyrrole nitrogens is 1. The average Bonchev–Trinajstić information content (AvgIpc) is 3.30. The molecule has 3 aromatic rings. The highest BCUT2D eigenvalue weighted by molar-refractivity contribution is 6.30. The smallest absolute Gasteiger partial charge is 0.254 e. The van der Waals surface area contributed by atoms with Gasteiger partial charge >= 0.3 is 0 Å². The van der Waals surface area contributed by atoms with Gasteiger partial charge in [-0.05, 0) is 42.3 Å². The van der Waals surface area contributed by atoms with E-state index in [1.807, 2.05) is 53.6 Å². The maximum atomic E-state index is 12.4. The van der Waals surface area contributed by atoms with Crippen LogP contribution in [0, 0.1) is 0 Å². The van der Waals surface area contributed by atoms with Crippen molar-refractivity contribution in [2.24, 2.45) is 0 Å². The second kappa shape index (κ2) is 8.07. The molecule has 0 saturated heterocycles. The lowest BCUT2D eigenvalue weighted by atomic mass is 10.1. The van der Waals surface area contributed by atoms with E-state index < -0.39 is 0 Å². The Morgan fingerprint density at radius 3 is 2.82 bits per heavy atom. The molecule has 1 aliphatic heterocycles. The predicted octanol–water partition coefficient (Wildman–Crippen LogP) is 5.07. The molecule has 1 aromatic heterocycles. The highest BCUT2D eigenvalue weighted by Crippen LogP contribution is 2.28. The Kier molecular flexibility index (Phi) is 5.35. The molecule has 144 valence electrons. The Bertz CT molecular complexity index is 982. The molecule has 5 nitrogen and oxygen atoms in total. The molecule has 0 atom stereocenters. The number of fused-ring (bicyclic) bond motifs is 1. The number of hydrogen-bond donors (Lipinski definition) is 1. The number of unbranched alkanes of at least 4 members (excludes halogenated alkanes) is 1. The van der Waals surface area contributed by atoms with Crippen molar-refractivity contribution in [3.8, 4) is 17.0 Å². The van der Waals surface area contributed by atoms with Gasteiger partial charge in [-0.2, -0.15) is 5.10 Å². The summed E-state index contributed by atoms with van der Waals surface area (Å²) in [5, 5.41) is 7.93.